The Morgan fingerprint density at radius 3 is 2.59 bits per heavy atom. The Morgan fingerprint density at radius 2 is 1.89 bits per heavy atom. The zero-order valence-electron chi connectivity index (χ0n) is 15.0. The zero-order chi connectivity index (χ0) is 19.1. The number of hydrogen-bond acceptors (Lipinski definition) is 6. The van der Waals surface area contributed by atoms with E-state index < -0.39 is 4.92 Å². The quantitative estimate of drug-likeness (QED) is 0.437. The molecule has 142 valence electrons. The van der Waals surface area contributed by atoms with E-state index in [9.17, 15) is 14.9 Å². The van der Waals surface area contributed by atoms with Crippen molar-refractivity contribution in [2.75, 3.05) is 39.4 Å². The molecule has 0 spiro atoms. The molecule has 1 unspecified atom stereocenters. The van der Waals surface area contributed by atoms with Crippen molar-refractivity contribution in [1.29, 1.82) is 0 Å². The highest BCUT2D eigenvalue weighted by Gasteiger charge is 2.22. The predicted molar refractivity (Wildman–Crippen MR) is 102 cm³/mol. The molecule has 0 aliphatic carbocycles. The Kier molecular flexibility index (Phi) is 6.64. The minimum atomic E-state index is -0.492. The molecule has 7 heteroatoms. The number of benzene rings is 2. The van der Waals surface area contributed by atoms with Crippen LogP contribution < -0.4 is 5.32 Å². The lowest BCUT2D eigenvalue weighted by Gasteiger charge is -2.35. The summed E-state index contributed by atoms with van der Waals surface area (Å²) < 4.78 is 5.45. The number of nitro groups is 1. The molecular formula is C20H23N3O4. The fraction of sp³-hybridized carbons (Fsp3) is 0.350. The summed E-state index contributed by atoms with van der Waals surface area (Å²) in [5.74, 6) is -0.160. The maximum Gasteiger partial charge on any atom is 0.270 e. The summed E-state index contributed by atoms with van der Waals surface area (Å²) in [6.45, 7) is 3.85. The monoisotopic (exact) mass is 369 g/mol. The van der Waals surface area contributed by atoms with Crippen LogP contribution in [0.4, 0.5) is 5.69 Å². The molecule has 0 saturated carbocycles. The number of Topliss-reactive ketones (excluding diaryl/α,β-unsaturated/α-hetero) is 1. The number of non-ortho nitro benzene ring substituents is 1. The highest BCUT2D eigenvalue weighted by Crippen LogP contribution is 2.21. The third kappa shape index (κ3) is 5.19. The predicted octanol–water partition coefficient (Wildman–Crippen LogP) is 2.44. The van der Waals surface area contributed by atoms with Crippen molar-refractivity contribution in [3.8, 4) is 0 Å². The van der Waals surface area contributed by atoms with Crippen LogP contribution in [0.3, 0.4) is 0 Å². The lowest BCUT2D eigenvalue weighted by Crippen LogP contribution is -2.43. The van der Waals surface area contributed by atoms with Gasteiger partial charge in [0.1, 0.15) is 0 Å². The van der Waals surface area contributed by atoms with E-state index >= 15 is 0 Å². The van der Waals surface area contributed by atoms with Crippen LogP contribution in [0, 0.1) is 10.1 Å². The van der Waals surface area contributed by atoms with Gasteiger partial charge in [-0.3, -0.25) is 19.8 Å². The number of nitro benzene ring substituents is 1. The molecule has 1 aliphatic rings. The molecule has 2 aromatic rings. The van der Waals surface area contributed by atoms with E-state index in [1.807, 2.05) is 18.2 Å². The largest absolute Gasteiger partial charge is 0.379 e. The van der Waals surface area contributed by atoms with E-state index in [0.717, 1.165) is 13.1 Å². The summed E-state index contributed by atoms with van der Waals surface area (Å²) in [6.07, 6.45) is 0. The third-order valence-corrected chi connectivity index (χ3v) is 4.67. The topological polar surface area (TPSA) is 84.7 Å². The lowest BCUT2D eigenvalue weighted by atomic mass is 10.0. The Balaban J connectivity index is 1.62. The smallest absolute Gasteiger partial charge is 0.270 e. The highest BCUT2D eigenvalue weighted by atomic mass is 16.6. The second-order valence-corrected chi connectivity index (χ2v) is 6.44. The molecule has 1 saturated heterocycles. The van der Waals surface area contributed by atoms with E-state index in [0.29, 0.717) is 25.3 Å². The minimum absolute atomic E-state index is 0.0728. The second-order valence-electron chi connectivity index (χ2n) is 6.44. The van der Waals surface area contributed by atoms with Gasteiger partial charge in [-0.25, -0.2) is 0 Å². The zero-order valence-corrected chi connectivity index (χ0v) is 15.0. The average molecular weight is 369 g/mol. The Morgan fingerprint density at radius 1 is 1.15 bits per heavy atom. The molecule has 1 aliphatic heterocycles. The highest BCUT2D eigenvalue weighted by molar-refractivity contribution is 5.98. The van der Waals surface area contributed by atoms with Crippen molar-refractivity contribution in [3.63, 3.8) is 0 Å². The van der Waals surface area contributed by atoms with Crippen LogP contribution in [0.15, 0.2) is 54.6 Å². The summed E-state index contributed by atoms with van der Waals surface area (Å²) in [6, 6.07) is 16.2. The van der Waals surface area contributed by atoms with Gasteiger partial charge in [-0.15, -0.1) is 0 Å². The SMILES string of the molecule is O=C(CNCC(c1ccccc1)N1CCOCC1)c1cccc([N+](=O)[O-])c1. The Labute approximate surface area is 158 Å². The fourth-order valence-electron chi connectivity index (χ4n) is 3.24. The lowest BCUT2D eigenvalue weighted by molar-refractivity contribution is -0.384. The molecule has 1 heterocycles. The van der Waals surface area contributed by atoms with Gasteiger partial charge in [-0.1, -0.05) is 42.5 Å². The van der Waals surface area contributed by atoms with Gasteiger partial charge in [0.15, 0.2) is 5.78 Å². The van der Waals surface area contributed by atoms with Gasteiger partial charge in [0, 0.05) is 43.4 Å². The van der Waals surface area contributed by atoms with Crippen molar-refractivity contribution in [1.82, 2.24) is 10.2 Å². The molecular weight excluding hydrogens is 346 g/mol. The molecule has 1 fully saturated rings. The summed E-state index contributed by atoms with van der Waals surface area (Å²) >= 11 is 0. The summed E-state index contributed by atoms with van der Waals surface area (Å²) in [4.78, 5) is 25.1. The molecule has 1 N–H and O–H groups in total. The van der Waals surface area contributed by atoms with E-state index in [1.54, 1.807) is 6.07 Å². The van der Waals surface area contributed by atoms with E-state index in [1.165, 1.54) is 23.8 Å². The van der Waals surface area contributed by atoms with E-state index in [4.69, 9.17) is 4.74 Å². The van der Waals surface area contributed by atoms with Crippen LogP contribution in [0.5, 0.6) is 0 Å². The number of nitrogens with zero attached hydrogens (tertiary/aromatic N) is 2. The van der Waals surface area contributed by atoms with Crippen LogP contribution in [0.25, 0.3) is 0 Å². The Hall–Kier alpha value is -2.61. The molecule has 3 rings (SSSR count). The Bertz CT molecular complexity index is 776. The molecule has 2 aromatic carbocycles. The van der Waals surface area contributed by atoms with Crippen molar-refractivity contribution in [2.24, 2.45) is 0 Å². The van der Waals surface area contributed by atoms with Gasteiger partial charge in [0.25, 0.3) is 5.69 Å². The number of ether oxygens (including phenoxy) is 1. The van der Waals surface area contributed by atoms with Gasteiger partial charge < -0.3 is 10.1 Å². The second kappa shape index (κ2) is 9.36. The molecule has 1 atom stereocenters. The standard InChI is InChI=1S/C20H23N3O4/c24-20(17-7-4-8-18(13-17)23(25)26)15-21-14-19(16-5-2-1-3-6-16)22-9-11-27-12-10-22/h1-8,13,19,21H,9-12,14-15H2. The van der Waals surface area contributed by atoms with E-state index in [-0.39, 0.29) is 24.1 Å². The normalized spacial score (nSPS) is 16.0. The first-order valence-electron chi connectivity index (χ1n) is 9.00. The number of morpholine rings is 1. The molecule has 7 nitrogen and oxygen atoms in total. The summed E-state index contributed by atoms with van der Waals surface area (Å²) in [5.41, 5.74) is 1.46. The van der Waals surface area contributed by atoms with E-state index in [2.05, 4.69) is 22.3 Å². The molecule has 0 radical (unpaired) electrons. The molecule has 0 bridgehead atoms. The van der Waals surface area contributed by atoms with Crippen molar-refractivity contribution in [3.05, 3.63) is 75.8 Å². The van der Waals surface area contributed by atoms with Crippen molar-refractivity contribution < 1.29 is 14.5 Å². The minimum Gasteiger partial charge on any atom is -0.379 e. The van der Waals surface area contributed by atoms with Crippen molar-refractivity contribution in [2.45, 2.75) is 6.04 Å². The number of ketones is 1. The van der Waals surface area contributed by atoms with Gasteiger partial charge in [-0.05, 0) is 5.56 Å². The van der Waals surface area contributed by atoms with Crippen molar-refractivity contribution >= 4 is 11.5 Å². The molecule has 0 amide bonds. The summed E-state index contributed by atoms with van der Waals surface area (Å²) in [5, 5.41) is 14.1. The summed E-state index contributed by atoms with van der Waals surface area (Å²) in [7, 11) is 0. The average Bonchev–Trinajstić information content (AvgIpc) is 2.72. The first-order chi connectivity index (χ1) is 13.1. The molecule has 27 heavy (non-hydrogen) atoms. The van der Waals surface area contributed by atoms with Gasteiger partial charge in [0.2, 0.25) is 0 Å². The third-order valence-electron chi connectivity index (χ3n) is 4.67. The first kappa shape index (κ1) is 19.2. The number of nitrogens with one attached hydrogen (secondary N) is 1. The van der Waals surface area contributed by atoms with Crippen LogP contribution in [0.1, 0.15) is 22.0 Å². The molecule has 0 aromatic heterocycles. The maximum atomic E-state index is 12.4. The van der Waals surface area contributed by atoms with Crippen LogP contribution in [-0.2, 0) is 4.74 Å². The number of carbonyl (C=O) groups is 1. The number of carbonyl (C=O) groups excluding carboxylic acids is 1. The van der Waals surface area contributed by atoms with Crippen LogP contribution >= 0.6 is 0 Å². The van der Waals surface area contributed by atoms with Gasteiger partial charge in [-0.2, -0.15) is 0 Å². The van der Waals surface area contributed by atoms with Gasteiger partial charge in [0.05, 0.1) is 24.7 Å². The van der Waals surface area contributed by atoms with Crippen LogP contribution in [-0.4, -0.2) is 55.0 Å². The van der Waals surface area contributed by atoms with Gasteiger partial charge >= 0.3 is 0 Å². The van der Waals surface area contributed by atoms with Crippen LogP contribution in [0.2, 0.25) is 0 Å². The number of hydrogen-bond donors (Lipinski definition) is 1. The number of rotatable bonds is 8. The fourth-order valence-corrected chi connectivity index (χ4v) is 3.24. The first-order valence-corrected chi connectivity index (χ1v) is 9.00. The maximum absolute atomic E-state index is 12.4.